The minimum absolute atomic E-state index is 0.171. The fraction of sp³-hybridized carbons (Fsp3) is 0.235. The molecule has 0 aliphatic rings. The van der Waals surface area contributed by atoms with E-state index < -0.39 is 15.1 Å². The van der Waals surface area contributed by atoms with Crippen molar-refractivity contribution in [3.8, 4) is 0 Å². The van der Waals surface area contributed by atoms with Gasteiger partial charge in [-0.3, -0.25) is 0 Å². The first-order valence-electron chi connectivity index (χ1n) is 6.68. The summed E-state index contributed by atoms with van der Waals surface area (Å²) in [6, 6.07) is 12.0. The molecule has 0 aliphatic carbocycles. The van der Waals surface area contributed by atoms with Gasteiger partial charge >= 0.3 is 0 Å². The van der Waals surface area contributed by atoms with Crippen molar-refractivity contribution in [1.29, 1.82) is 0 Å². The molecule has 21 heavy (non-hydrogen) atoms. The van der Waals surface area contributed by atoms with Crippen molar-refractivity contribution in [2.24, 2.45) is 0 Å². The van der Waals surface area contributed by atoms with Gasteiger partial charge in [-0.2, -0.15) is 0 Å². The summed E-state index contributed by atoms with van der Waals surface area (Å²) in [6.45, 7) is 5.66. The number of aryl methyl sites for hydroxylation is 3. The Balaban J connectivity index is 2.54. The molecule has 0 heterocycles. The van der Waals surface area contributed by atoms with E-state index in [0.29, 0.717) is 11.8 Å². The third kappa shape index (κ3) is 3.22. The molecule has 0 amide bonds. The zero-order chi connectivity index (χ0) is 15.6. The third-order valence-electron chi connectivity index (χ3n) is 3.38. The SMILES string of the molecule is Cc1ccc(S(=O)(=O)C(C=O)c2cc(C)cc(C)c2)cc1. The Kier molecular flexibility index (Phi) is 4.28. The van der Waals surface area contributed by atoms with Gasteiger partial charge in [0.05, 0.1) is 4.90 Å². The number of sulfone groups is 1. The van der Waals surface area contributed by atoms with E-state index in [9.17, 15) is 13.2 Å². The first kappa shape index (κ1) is 15.4. The quantitative estimate of drug-likeness (QED) is 0.814. The Morgan fingerprint density at radius 2 is 1.38 bits per heavy atom. The van der Waals surface area contributed by atoms with Crippen LogP contribution in [0.4, 0.5) is 0 Å². The van der Waals surface area contributed by atoms with E-state index in [1.807, 2.05) is 26.8 Å². The zero-order valence-corrected chi connectivity index (χ0v) is 13.1. The van der Waals surface area contributed by atoms with E-state index in [-0.39, 0.29) is 4.90 Å². The van der Waals surface area contributed by atoms with E-state index in [0.717, 1.165) is 16.7 Å². The second kappa shape index (κ2) is 5.82. The van der Waals surface area contributed by atoms with E-state index in [2.05, 4.69) is 0 Å². The molecule has 3 nitrogen and oxygen atoms in total. The van der Waals surface area contributed by atoms with Crippen molar-refractivity contribution >= 4 is 16.1 Å². The zero-order valence-electron chi connectivity index (χ0n) is 12.3. The first-order valence-corrected chi connectivity index (χ1v) is 8.23. The fourth-order valence-corrected chi connectivity index (χ4v) is 3.83. The van der Waals surface area contributed by atoms with E-state index in [1.54, 1.807) is 36.4 Å². The van der Waals surface area contributed by atoms with Crippen LogP contribution in [0, 0.1) is 20.8 Å². The van der Waals surface area contributed by atoms with Crippen molar-refractivity contribution < 1.29 is 13.2 Å². The summed E-state index contributed by atoms with van der Waals surface area (Å²) >= 11 is 0. The second-order valence-electron chi connectivity index (χ2n) is 5.34. The lowest BCUT2D eigenvalue weighted by Crippen LogP contribution is -2.15. The molecule has 1 unspecified atom stereocenters. The largest absolute Gasteiger partial charge is 0.302 e. The second-order valence-corrected chi connectivity index (χ2v) is 7.41. The van der Waals surface area contributed by atoms with Crippen LogP contribution >= 0.6 is 0 Å². The maximum atomic E-state index is 12.7. The maximum absolute atomic E-state index is 12.7. The van der Waals surface area contributed by atoms with Crippen LogP contribution in [0.1, 0.15) is 27.5 Å². The van der Waals surface area contributed by atoms with Crippen molar-refractivity contribution in [3.63, 3.8) is 0 Å². The molecule has 1 atom stereocenters. The van der Waals surface area contributed by atoms with Crippen LogP contribution in [0.5, 0.6) is 0 Å². The monoisotopic (exact) mass is 302 g/mol. The number of carbonyl (C=O) groups is 1. The molecule has 0 radical (unpaired) electrons. The van der Waals surface area contributed by atoms with Gasteiger partial charge in [-0.25, -0.2) is 8.42 Å². The van der Waals surface area contributed by atoms with E-state index >= 15 is 0 Å². The van der Waals surface area contributed by atoms with Gasteiger partial charge in [0, 0.05) is 0 Å². The number of rotatable bonds is 4. The first-order chi connectivity index (χ1) is 9.84. The molecule has 2 rings (SSSR count). The molecule has 110 valence electrons. The van der Waals surface area contributed by atoms with Crippen molar-refractivity contribution in [3.05, 3.63) is 64.7 Å². The number of benzene rings is 2. The van der Waals surface area contributed by atoms with Gasteiger partial charge in [0.25, 0.3) is 0 Å². The molecule has 0 saturated heterocycles. The molecule has 0 bridgehead atoms. The maximum Gasteiger partial charge on any atom is 0.192 e. The van der Waals surface area contributed by atoms with E-state index in [4.69, 9.17) is 0 Å². The molecule has 4 heteroatoms. The van der Waals surface area contributed by atoms with Crippen LogP contribution in [0.15, 0.2) is 47.4 Å². The molecule has 2 aromatic carbocycles. The predicted molar refractivity (Wildman–Crippen MR) is 83.1 cm³/mol. The van der Waals surface area contributed by atoms with Crippen LogP contribution in [0.25, 0.3) is 0 Å². The molecule has 0 fully saturated rings. The minimum Gasteiger partial charge on any atom is -0.302 e. The van der Waals surface area contributed by atoms with Crippen molar-refractivity contribution in [2.45, 2.75) is 30.9 Å². The Morgan fingerprint density at radius 1 is 0.857 bits per heavy atom. The lowest BCUT2D eigenvalue weighted by Gasteiger charge is -2.14. The normalized spacial score (nSPS) is 12.9. The fourth-order valence-electron chi connectivity index (χ4n) is 2.38. The number of carbonyl (C=O) groups excluding carboxylic acids is 1. The molecule has 0 aliphatic heterocycles. The summed E-state index contributed by atoms with van der Waals surface area (Å²) in [4.78, 5) is 11.6. The summed E-state index contributed by atoms with van der Waals surface area (Å²) in [5, 5.41) is -1.17. The van der Waals surface area contributed by atoms with Gasteiger partial charge in [-0.15, -0.1) is 0 Å². The van der Waals surface area contributed by atoms with Gasteiger partial charge in [-0.05, 0) is 38.5 Å². The molecular formula is C17H18O3S. The molecule has 0 spiro atoms. The smallest absolute Gasteiger partial charge is 0.192 e. The van der Waals surface area contributed by atoms with Crippen LogP contribution in [-0.4, -0.2) is 14.7 Å². The van der Waals surface area contributed by atoms with Gasteiger partial charge in [0.2, 0.25) is 0 Å². The lowest BCUT2D eigenvalue weighted by molar-refractivity contribution is -0.107. The van der Waals surface area contributed by atoms with Gasteiger partial charge < -0.3 is 4.79 Å². The highest BCUT2D eigenvalue weighted by Gasteiger charge is 2.29. The highest BCUT2D eigenvalue weighted by Crippen LogP contribution is 2.28. The summed E-state index contributed by atoms with van der Waals surface area (Å²) < 4.78 is 25.3. The van der Waals surface area contributed by atoms with Crippen molar-refractivity contribution in [2.75, 3.05) is 0 Å². The van der Waals surface area contributed by atoms with Crippen LogP contribution in [-0.2, 0) is 14.6 Å². The van der Waals surface area contributed by atoms with Gasteiger partial charge in [-0.1, -0.05) is 47.0 Å². The number of hydrogen-bond acceptors (Lipinski definition) is 3. The summed E-state index contributed by atoms with van der Waals surface area (Å²) in [5.74, 6) is 0. The van der Waals surface area contributed by atoms with Crippen LogP contribution in [0.2, 0.25) is 0 Å². The van der Waals surface area contributed by atoms with Crippen LogP contribution in [0.3, 0.4) is 0 Å². The van der Waals surface area contributed by atoms with Gasteiger partial charge in [0.1, 0.15) is 11.5 Å². The third-order valence-corrected chi connectivity index (χ3v) is 5.36. The Bertz CT molecular complexity index is 739. The highest BCUT2D eigenvalue weighted by molar-refractivity contribution is 7.92. The van der Waals surface area contributed by atoms with Crippen molar-refractivity contribution in [1.82, 2.24) is 0 Å². The van der Waals surface area contributed by atoms with E-state index in [1.165, 1.54) is 0 Å². The summed E-state index contributed by atoms with van der Waals surface area (Å²) in [6.07, 6.45) is 0.503. The topological polar surface area (TPSA) is 51.2 Å². The Labute approximate surface area is 125 Å². The number of aldehydes is 1. The molecule has 0 saturated carbocycles. The lowest BCUT2D eigenvalue weighted by atomic mass is 10.1. The molecule has 0 aromatic heterocycles. The average Bonchev–Trinajstić information content (AvgIpc) is 2.38. The number of hydrogen-bond donors (Lipinski definition) is 0. The summed E-state index contributed by atoms with van der Waals surface area (Å²) in [5.41, 5.74) is 3.37. The predicted octanol–water partition coefficient (Wildman–Crippen LogP) is 3.33. The van der Waals surface area contributed by atoms with Crippen LogP contribution < -0.4 is 0 Å². The highest BCUT2D eigenvalue weighted by atomic mass is 32.2. The van der Waals surface area contributed by atoms with Gasteiger partial charge in [0.15, 0.2) is 9.84 Å². The Hall–Kier alpha value is -1.94. The minimum atomic E-state index is -3.72. The Morgan fingerprint density at radius 3 is 1.86 bits per heavy atom. The average molecular weight is 302 g/mol. The molecule has 0 N–H and O–H groups in total. The molecule has 2 aromatic rings. The summed E-state index contributed by atoms with van der Waals surface area (Å²) in [7, 11) is -3.72. The molecular weight excluding hydrogens is 284 g/mol. The standard InChI is InChI=1S/C17H18O3S/c1-12-4-6-16(7-5-12)21(19,20)17(11-18)15-9-13(2)8-14(3)10-15/h4-11,17H,1-3H3.